The van der Waals surface area contributed by atoms with Gasteiger partial charge in [0.2, 0.25) is 0 Å². The molecule has 0 unspecified atom stereocenters. The van der Waals surface area contributed by atoms with Gasteiger partial charge < -0.3 is 0 Å². The van der Waals surface area contributed by atoms with E-state index in [1.165, 1.54) is 0 Å². The topological polar surface area (TPSA) is 115 Å². The summed E-state index contributed by atoms with van der Waals surface area (Å²) < 4.78 is 27.6. The van der Waals surface area contributed by atoms with Crippen LogP contribution in [0.3, 0.4) is 0 Å². The Morgan fingerprint density at radius 2 is 1.77 bits per heavy atom. The minimum Gasteiger partial charge on any atom is -0.291 e. The van der Waals surface area contributed by atoms with E-state index in [4.69, 9.17) is 9.69 Å². The van der Waals surface area contributed by atoms with E-state index in [0.717, 1.165) is 0 Å². The van der Waals surface area contributed by atoms with Crippen LogP contribution in [-0.2, 0) is 19.7 Å². The largest absolute Gasteiger partial charge is 0.291 e. The second-order valence-corrected chi connectivity index (χ2v) is 4.83. The summed E-state index contributed by atoms with van der Waals surface area (Å²) in [6.07, 6.45) is 0.471. The molecule has 0 atom stereocenters. The summed E-state index contributed by atoms with van der Waals surface area (Å²) in [6.45, 7) is 1.69. The van der Waals surface area contributed by atoms with E-state index < -0.39 is 21.2 Å². The van der Waals surface area contributed by atoms with Gasteiger partial charge in [-0.25, -0.2) is 0 Å². The third kappa shape index (κ3) is 18.5. The van der Waals surface area contributed by atoms with Gasteiger partial charge in [-0.1, -0.05) is 18.0 Å². The van der Waals surface area contributed by atoms with Crippen LogP contribution in [0.5, 0.6) is 0 Å². The smallest absolute Gasteiger partial charge is 0.264 e. The van der Waals surface area contributed by atoms with Crippen molar-refractivity contribution in [1.29, 1.82) is 0 Å². The van der Waals surface area contributed by atoms with Crippen LogP contribution in [0.4, 0.5) is 0 Å². The molecule has 0 rings (SSSR count). The Morgan fingerprint density at radius 1 is 1.38 bits per heavy atom. The molecular formula is C5H13NO5S2. The number of rotatable bonds is 4. The third-order valence-corrected chi connectivity index (χ3v) is 2.12. The highest BCUT2D eigenvalue weighted by atomic mass is 32.2. The fourth-order valence-corrected chi connectivity index (χ4v) is 0.848. The molecule has 3 N–H and O–H groups in total. The molecule has 0 fully saturated rings. The Hall–Kier alpha value is -0.440. The molecule has 0 radical (unpaired) electrons. The first kappa shape index (κ1) is 15.1. The van der Waals surface area contributed by atoms with Gasteiger partial charge in [-0.3, -0.25) is 19.3 Å². The SMILES string of the molecule is CCCS(=O)(=O)O.N[SH](C=O)C=O. The molecule has 13 heavy (non-hydrogen) atoms. The molecule has 0 aromatic heterocycles. The van der Waals surface area contributed by atoms with E-state index in [9.17, 15) is 18.0 Å². The summed E-state index contributed by atoms with van der Waals surface area (Å²) in [5, 5.41) is 4.80. The molecule has 0 saturated heterocycles. The number of nitrogens with two attached hydrogens (primary N) is 1. The van der Waals surface area contributed by atoms with Gasteiger partial charge in [-0.05, 0) is 6.42 Å². The molecule has 8 heteroatoms. The molecule has 80 valence electrons. The Morgan fingerprint density at radius 3 is 1.77 bits per heavy atom. The first-order valence-electron chi connectivity index (χ1n) is 3.26. The van der Waals surface area contributed by atoms with Crippen LogP contribution in [0.25, 0.3) is 0 Å². The van der Waals surface area contributed by atoms with Crippen LogP contribution in [-0.4, -0.2) is 30.0 Å². The second-order valence-electron chi connectivity index (χ2n) is 1.94. The fraction of sp³-hybridized carbons (Fsp3) is 0.600. The average Bonchev–Trinajstić information content (AvgIpc) is 2.02. The minimum absolute atomic E-state index is 0.132. The summed E-state index contributed by atoms with van der Waals surface area (Å²) in [5.74, 6) is -0.132. The lowest BCUT2D eigenvalue weighted by atomic mass is 10.6. The zero-order valence-corrected chi connectivity index (χ0v) is 8.79. The number of carbonyl (C=O) groups is 2. The average molecular weight is 231 g/mol. The van der Waals surface area contributed by atoms with E-state index in [0.29, 0.717) is 17.7 Å². The third-order valence-electron chi connectivity index (χ3n) is 0.706. The number of hydrogen-bond acceptors (Lipinski definition) is 5. The van der Waals surface area contributed by atoms with Crippen molar-refractivity contribution in [2.24, 2.45) is 5.14 Å². The van der Waals surface area contributed by atoms with Gasteiger partial charge in [0.1, 0.15) is 0 Å². The zero-order chi connectivity index (χ0) is 10.9. The predicted molar refractivity (Wildman–Crippen MR) is 53.4 cm³/mol. The van der Waals surface area contributed by atoms with Gasteiger partial charge in [0.25, 0.3) is 10.1 Å². The Balaban J connectivity index is 0. The van der Waals surface area contributed by atoms with Crippen LogP contribution in [0, 0.1) is 0 Å². The molecule has 6 nitrogen and oxygen atoms in total. The van der Waals surface area contributed by atoms with Crippen LogP contribution in [0.1, 0.15) is 13.3 Å². The van der Waals surface area contributed by atoms with E-state index in [1.54, 1.807) is 6.92 Å². The Labute approximate surface area is 79.7 Å². The lowest BCUT2D eigenvalue weighted by Gasteiger charge is -1.87. The molecule has 0 heterocycles. The summed E-state index contributed by atoms with van der Waals surface area (Å²) in [4.78, 5) is 18.8. The quantitative estimate of drug-likeness (QED) is 0.342. The summed E-state index contributed by atoms with van der Waals surface area (Å²) in [6, 6.07) is 0. The molecule has 0 bridgehead atoms. The highest BCUT2D eigenvalue weighted by Crippen LogP contribution is 1.98. The first-order chi connectivity index (χ1) is 5.87. The van der Waals surface area contributed by atoms with E-state index in [1.807, 2.05) is 0 Å². The van der Waals surface area contributed by atoms with Gasteiger partial charge in [-0.2, -0.15) is 8.42 Å². The monoisotopic (exact) mass is 231 g/mol. The maximum Gasteiger partial charge on any atom is 0.264 e. The summed E-state index contributed by atoms with van der Waals surface area (Å²) in [5.41, 5.74) is 0.894. The summed E-state index contributed by atoms with van der Waals surface area (Å²) in [7, 11) is -3.67. The van der Waals surface area contributed by atoms with Gasteiger partial charge in [0.15, 0.2) is 11.2 Å². The normalized spacial score (nSPS) is 10.8. The summed E-state index contributed by atoms with van der Waals surface area (Å²) >= 11 is -1.44. The molecule has 0 spiro atoms. The standard InChI is InChI=1S/C3H8O3S.C2H5NO2S/c1-2-3-7(4,5)6;3-6(1-4)2-5/h2-3H2,1H3,(H,4,5,6);1-2,6H,3H2. The predicted octanol–water partition coefficient (Wildman–Crippen LogP) is -0.474. The fourth-order valence-electron chi connectivity index (χ4n) is 0.283. The maximum atomic E-state index is 9.79. The molecule has 0 aliphatic heterocycles. The molecular weight excluding hydrogens is 218 g/mol. The van der Waals surface area contributed by atoms with Crippen molar-refractivity contribution in [3.05, 3.63) is 0 Å². The van der Waals surface area contributed by atoms with Crippen molar-refractivity contribution < 1.29 is 22.6 Å². The second kappa shape index (κ2) is 8.17. The Bertz CT molecular complexity index is 229. The lowest BCUT2D eigenvalue weighted by Crippen LogP contribution is -2.01. The molecule has 0 aliphatic carbocycles. The van der Waals surface area contributed by atoms with Crippen molar-refractivity contribution >= 4 is 32.4 Å². The van der Waals surface area contributed by atoms with Crippen molar-refractivity contribution in [2.75, 3.05) is 5.75 Å². The van der Waals surface area contributed by atoms with Crippen molar-refractivity contribution in [2.45, 2.75) is 13.3 Å². The molecule has 0 aliphatic rings. The van der Waals surface area contributed by atoms with Crippen LogP contribution in [0.15, 0.2) is 0 Å². The van der Waals surface area contributed by atoms with Crippen LogP contribution < -0.4 is 5.14 Å². The van der Waals surface area contributed by atoms with Gasteiger partial charge in [-0.15, -0.1) is 0 Å². The van der Waals surface area contributed by atoms with Gasteiger partial charge in [0.05, 0.1) is 5.75 Å². The minimum atomic E-state index is -3.67. The van der Waals surface area contributed by atoms with E-state index >= 15 is 0 Å². The van der Waals surface area contributed by atoms with Gasteiger partial charge in [0, 0.05) is 0 Å². The van der Waals surface area contributed by atoms with Crippen molar-refractivity contribution in [3.63, 3.8) is 0 Å². The van der Waals surface area contributed by atoms with Crippen molar-refractivity contribution in [1.82, 2.24) is 0 Å². The zero-order valence-electron chi connectivity index (χ0n) is 7.08. The molecule has 0 aromatic rings. The number of carbonyl (C=O) groups excluding carboxylic acids is 2. The molecule has 0 aromatic carbocycles. The molecule has 0 saturated carbocycles. The lowest BCUT2D eigenvalue weighted by molar-refractivity contribution is 0.482. The van der Waals surface area contributed by atoms with Crippen LogP contribution in [0.2, 0.25) is 0 Å². The number of thiol groups is 1. The van der Waals surface area contributed by atoms with Gasteiger partial charge >= 0.3 is 0 Å². The maximum absolute atomic E-state index is 9.79. The first-order valence-corrected chi connectivity index (χ1v) is 6.42. The Kier molecular flexibility index (Phi) is 9.46. The number of hydrogen-bond donors (Lipinski definition) is 3. The van der Waals surface area contributed by atoms with Crippen LogP contribution >= 0.6 is 11.1 Å². The van der Waals surface area contributed by atoms with E-state index in [-0.39, 0.29) is 5.75 Å². The molecule has 0 amide bonds. The highest BCUT2D eigenvalue weighted by molar-refractivity contribution is 8.36. The highest BCUT2D eigenvalue weighted by Gasteiger charge is 1.98. The van der Waals surface area contributed by atoms with E-state index in [2.05, 4.69) is 0 Å². The van der Waals surface area contributed by atoms with Crippen molar-refractivity contribution in [3.8, 4) is 0 Å².